The topological polar surface area (TPSA) is 18.5 Å². The van der Waals surface area contributed by atoms with Crippen molar-refractivity contribution in [3.05, 3.63) is 0 Å². The van der Waals surface area contributed by atoms with Gasteiger partial charge in [0, 0.05) is 14.2 Å². The van der Waals surface area contributed by atoms with Crippen molar-refractivity contribution in [3.8, 4) is 0 Å². The molecule has 0 radical (unpaired) electrons. The molecule has 76 valence electrons. The molecule has 0 aliphatic rings. The minimum absolute atomic E-state index is 0.0926. The fourth-order valence-electron chi connectivity index (χ4n) is 0.333. The highest BCUT2D eigenvalue weighted by atomic mass is 35.5. The molecule has 2 nitrogen and oxygen atoms in total. The molecule has 0 fully saturated rings. The molecule has 0 rings (SSSR count). The smallest absolute Gasteiger partial charge is 0.130 e. The van der Waals surface area contributed by atoms with Gasteiger partial charge in [-0.1, -0.05) is 37.0 Å². The summed E-state index contributed by atoms with van der Waals surface area (Å²) in [7, 11) is 3.20. The molecular formula is C8H18Cl2O2. The second kappa shape index (κ2) is 11.5. The zero-order valence-electron chi connectivity index (χ0n) is 8.14. The minimum Gasteiger partial charge on any atom is -0.366 e. The maximum atomic E-state index is 5.43. The summed E-state index contributed by atoms with van der Waals surface area (Å²) in [5.74, 6) is 0. The highest BCUT2D eigenvalue weighted by molar-refractivity contribution is 6.19. The van der Waals surface area contributed by atoms with E-state index >= 15 is 0 Å². The Hall–Kier alpha value is 0.500. The van der Waals surface area contributed by atoms with Crippen LogP contribution in [0.1, 0.15) is 26.7 Å². The lowest BCUT2D eigenvalue weighted by Gasteiger charge is -1.98. The third-order valence-electron chi connectivity index (χ3n) is 1.15. The predicted molar refractivity (Wildman–Crippen MR) is 53.9 cm³/mol. The van der Waals surface area contributed by atoms with E-state index in [2.05, 4.69) is 9.47 Å². The molecule has 0 aliphatic carbocycles. The molecule has 0 saturated carbocycles. The van der Waals surface area contributed by atoms with E-state index in [0.29, 0.717) is 0 Å². The molecule has 2 atom stereocenters. The van der Waals surface area contributed by atoms with Gasteiger partial charge in [0.25, 0.3) is 0 Å². The molecule has 12 heavy (non-hydrogen) atoms. The van der Waals surface area contributed by atoms with Gasteiger partial charge in [0.1, 0.15) is 11.1 Å². The van der Waals surface area contributed by atoms with Crippen LogP contribution in [0.25, 0.3) is 0 Å². The second-order valence-corrected chi connectivity index (χ2v) is 3.08. The summed E-state index contributed by atoms with van der Waals surface area (Å²) in [6.07, 6.45) is 1.75. The summed E-state index contributed by atoms with van der Waals surface area (Å²) in [6.45, 7) is 3.95. The van der Waals surface area contributed by atoms with Crippen LogP contribution in [0.5, 0.6) is 0 Å². The first-order valence-electron chi connectivity index (χ1n) is 3.96. The Kier molecular flexibility index (Phi) is 14.4. The van der Waals surface area contributed by atoms with Crippen molar-refractivity contribution in [2.45, 2.75) is 37.8 Å². The van der Waals surface area contributed by atoms with Gasteiger partial charge in [-0.2, -0.15) is 0 Å². The monoisotopic (exact) mass is 216 g/mol. The van der Waals surface area contributed by atoms with Crippen LogP contribution < -0.4 is 0 Å². The zero-order chi connectivity index (χ0) is 9.98. The van der Waals surface area contributed by atoms with Crippen LogP contribution in [0.4, 0.5) is 0 Å². The van der Waals surface area contributed by atoms with Gasteiger partial charge in [0.2, 0.25) is 0 Å². The van der Waals surface area contributed by atoms with E-state index < -0.39 is 0 Å². The van der Waals surface area contributed by atoms with Crippen LogP contribution in [0.15, 0.2) is 0 Å². The van der Waals surface area contributed by atoms with Gasteiger partial charge in [-0.05, 0) is 12.8 Å². The number of halogens is 2. The fraction of sp³-hybridized carbons (Fsp3) is 1.00. The van der Waals surface area contributed by atoms with Crippen LogP contribution >= 0.6 is 23.2 Å². The van der Waals surface area contributed by atoms with Crippen molar-refractivity contribution >= 4 is 23.2 Å². The Labute approximate surface area is 85.1 Å². The van der Waals surface area contributed by atoms with Gasteiger partial charge < -0.3 is 9.47 Å². The largest absolute Gasteiger partial charge is 0.366 e. The Morgan fingerprint density at radius 3 is 1.17 bits per heavy atom. The van der Waals surface area contributed by atoms with E-state index in [0.717, 1.165) is 12.8 Å². The molecule has 0 aromatic carbocycles. The van der Waals surface area contributed by atoms with Gasteiger partial charge in [-0.25, -0.2) is 0 Å². The minimum atomic E-state index is -0.0926. The Bertz CT molecular complexity index is 63.5. The molecule has 0 N–H and O–H groups in total. The van der Waals surface area contributed by atoms with E-state index in [4.69, 9.17) is 23.2 Å². The van der Waals surface area contributed by atoms with E-state index in [1.165, 1.54) is 0 Å². The summed E-state index contributed by atoms with van der Waals surface area (Å²) in [5, 5.41) is 0. The molecule has 0 aliphatic heterocycles. The van der Waals surface area contributed by atoms with Gasteiger partial charge in [-0.15, -0.1) is 0 Å². The molecule has 4 heteroatoms. The van der Waals surface area contributed by atoms with Crippen molar-refractivity contribution in [1.82, 2.24) is 0 Å². The lowest BCUT2D eigenvalue weighted by molar-refractivity contribution is 0.164. The van der Waals surface area contributed by atoms with E-state index in [-0.39, 0.29) is 11.1 Å². The molecule has 0 heterocycles. The molecule has 0 aromatic heterocycles. The second-order valence-electron chi connectivity index (χ2n) is 2.11. The molecule has 2 unspecified atom stereocenters. The summed E-state index contributed by atoms with van der Waals surface area (Å²) >= 11 is 10.9. The molecule has 0 saturated heterocycles. The first-order chi connectivity index (χ1) is 5.62. The van der Waals surface area contributed by atoms with Crippen molar-refractivity contribution in [1.29, 1.82) is 0 Å². The van der Waals surface area contributed by atoms with Gasteiger partial charge in [0.05, 0.1) is 0 Å². The summed E-state index contributed by atoms with van der Waals surface area (Å²) in [4.78, 5) is 0. The number of hydrogen-bond donors (Lipinski definition) is 0. The summed E-state index contributed by atoms with van der Waals surface area (Å²) in [6, 6.07) is 0. The zero-order valence-corrected chi connectivity index (χ0v) is 9.65. The standard InChI is InChI=1S/2C4H9ClO/c2*1-3-4(5)6-2/h2*4H,3H2,1-2H3. The molecular weight excluding hydrogens is 199 g/mol. The molecule has 0 bridgehead atoms. The number of methoxy groups -OCH3 is 2. The summed E-state index contributed by atoms with van der Waals surface area (Å²) < 4.78 is 9.33. The summed E-state index contributed by atoms with van der Waals surface area (Å²) in [5.41, 5.74) is -0.185. The average Bonchev–Trinajstić information content (AvgIpc) is 2.16. The lowest BCUT2D eigenvalue weighted by atomic mass is 10.5. The SMILES string of the molecule is CCC(Cl)OC.CCC(Cl)OC. The van der Waals surface area contributed by atoms with Crippen LogP contribution in [0.3, 0.4) is 0 Å². The van der Waals surface area contributed by atoms with E-state index in [9.17, 15) is 0 Å². The predicted octanol–water partition coefficient (Wildman–Crippen LogP) is 3.22. The van der Waals surface area contributed by atoms with Crippen LogP contribution in [0.2, 0.25) is 0 Å². The maximum absolute atomic E-state index is 5.43. The number of alkyl halides is 2. The normalized spacial score (nSPS) is 14.5. The fourth-order valence-corrected chi connectivity index (χ4v) is 0.333. The van der Waals surface area contributed by atoms with Crippen molar-refractivity contribution in [2.75, 3.05) is 14.2 Å². The van der Waals surface area contributed by atoms with Crippen molar-refractivity contribution in [3.63, 3.8) is 0 Å². The Morgan fingerprint density at radius 2 is 1.17 bits per heavy atom. The van der Waals surface area contributed by atoms with Gasteiger partial charge >= 0.3 is 0 Å². The molecule has 0 amide bonds. The van der Waals surface area contributed by atoms with E-state index in [1.54, 1.807) is 14.2 Å². The molecule has 0 spiro atoms. The lowest BCUT2D eigenvalue weighted by Crippen LogP contribution is -1.96. The van der Waals surface area contributed by atoms with Crippen LogP contribution in [-0.2, 0) is 9.47 Å². The number of rotatable bonds is 4. The first-order valence-corrected chi connectivity index (χ1v) is 4.83. The average molecular weight is 217 g/mol. The number of hydrogen-bond acceptors (Lipinski definition) is 2. The van der Waals surface area contributed by atoms with Crippen molar-refractivity contribution < 1.29 is 9.47 Å². The third kappa shape index (κ3) is 13.1. The van der Waals surface area contributed by atoms with Gasteiger partial charge in [0.15, 0.2) is 0 Å². The highest BCUT2D eigenvalue weighted by Crippen LogP contribution is 1.99. The van der Waals surface area contributed by atoms with Crippen LogP contribution in [0, 0.1) is 0 Å². The molecule has 0 aromatic rings. The third-order valence-corrected chi connectivity index (χ3v) is 2.13. The maximum Gasteiger partial charge on any atom is 0.130 e. The number of ether oxygens (including phenoxy) is 2. The first kappa shape index (κ1) is 15.0. The van der Waals surface area contributed by atoms with Crippen LogP contribution in [-0.4, -0.2) is 25.3 Å². The Balaban J connectivity index is 0. The van der Waals surface area contributed by atoms with E-state index in [1.807, 2.05) is 13.8 Å². The van der Waals surface area contributed by atoms with Gasteiger partial charge in [-0.3, -0.25) is 0 Å². The van der Waals surface area contributed by atoms with Crippen molar-refractivity contribution in [2.24, 2.45) is 0 Å². The Morgan fingerprint density at radius 1 is 0.917 bits per heavy atom. The quantitative estimate of drug-likeness (QED) is 0.673. The highest BCUT2D eigenvalue weighted by Gasteiger charge is 1.92.